The lowest BCUT2D eigenvalue weighted by molar-refractivity contribution is -0.138. The van der Waals surface area contributed by atoms with E-state index in [2.05, 4.69) is 0 Å². The van der Waals surface area contributed by atoms with E-state index in [-0.39, 0.29) is 21.0 Å². The van der Waals surface area contributed by atoms with Gasteiger partial charge in [-0.3, -0.25) is 0 Å². The van der Waals surface area contributed by atoms with Crippen LogP contribution in [0.3, 0.4) is 0 Å². The minimum Gasteiger partial charge on any atom is -0.457 e. The third-order valence-electron chi connectivity index (χ3n) is 4.78. The van der Waals surface area contributed by atoms with Gasteiger partial charge in [-0.25, -0.2) is 13.2 Å². The van der Waals surface area contributed by atoms with E-state index in [9.17, 15) is 26.4 Å². The number of carbonyl (C=O) groups is 1. The Bertz CT molecular complexity index is 1030. The summed E-state index contributed by atoms with van der Waals surface area (Å²) >= 11 is 6.07. The molecule has 0 saturated carbocycles. The van der Waals surface area contributed by atoms with Gasteiger partial charge in [0.05, 0.1) is 16.1 Å². The van der Waals surface area contributed by atoms with Crippen LogP contribution in [0.2, 0.25) is 5.02 Å². The number of sulfonamides is 1. The Balaban J connectivity index is 1.81. The molecule has 3 rings (SSSR count). The van der Waals surface area contributed by atoms with E-state index in [1.807, 2.05) is 0 Å². The largest absolute Gasteiger partial charge is 0.457 e. The number of benzene rings is 2. The quantitative estimate of drug-likeness (QED) is 0.595. The molecule has 0 bridgehead atoms. The number of rotatable bonds is 5. The van der Waals surface area contributed by atoms with Gasteiger partial charge in [-0.2, -0.15) is 17.5 Å². The van der Waals surface area contributed by atoms with Crippen molar-refractivity contribution in [2.45, 2.75) is 36.9 Å². The van der Waals surface area contributed by atoms with Crippen LogP contribution in [-0.4, -0.2) is 31.8 Å². The lowest BCUT2D eigenvalue weighted by atomic mass is 10.1. The Kier molecular flexibility index (Phi) is 6.74. The second kappa shape index (κ2) is 8.95. The second-order valence-electron chi connectivity index (χ2n) is 6.84. The van der Waals surface area contributed by atoms with E-state index in [0.717, 1.165) is 31.4 Å². The van der Waals surface area contributed by atoms with Gasteiger partial charge in [0.25, 0.3) is 0 Å². The van der Waals surface area contributed by atoms with Gasteiger partial charge in [0.15, 0.2) is 0 Å². The number of carbonyl (C=O) groups excluding carboxylic acids is 1. The third-order valence-corrected chi connectivity index (χ3v) is 7.16. The molecular weight excluding hydrogens is 443 g/mol. The van der Waals surface area contributed by atoms with E-state index in [0.29, 0.717) is 13.1 Å². The van der Waals surface area contributed by atoms with Gasteiger partial charge in [-0.1, -0.05) is 36.2 Å². The van der Waals surface area contributed by atoms with E-state index < -0.39 is 34.3 Å². The van der Waals surface area contributed by atoms with Gasteiger partial charge in [-0.05, 0) is 37.1 Å². The van der Waals surface area contributed by atoms with Crippen LogP contribution in [0.5, 0.6) is 0 Å². The molecule has 1 aliphatic rings. The van der Waals surface area contributed by atoms with Crippen molar-refractivity contribution >= 4 is 27.6 Å². The van der Waals surface area contributed by atoms with Crippen LogP contribution in [0, 0.1) is 0 Å². The summed E-state index contributed by atoms with van der Waals surface area (Å²) in [4.78, 5) is 12.2. The fourth-order valence-corrected chi connectivity index (χ4v) is 5.24. The fraction of sp³-hybridized carbons (Fsp3) is 0.350. The molecule has 1 saturated heterocycles. The Morgan fingerprint density at radius 2 is 1.73 bits per heavy atom. The predicted octanol–water partition coefficient (Wildman–Crippen LogP) is 4.89. The first-order valence-electron chi connectivity index (χ1n) is 9.22. The van der Waals surface area contributed by atoms with Gasteiger partial charge in [-0.15, -0.1) is 0 Å². The summed E-state index contributed by atoms with van der Waals surface area (Å²) in [6.07, 6.45) is -2.18. The summed E-state index contributed by atoms with van der Waals surface area (Å²) in [6, 6.07) is 8.40. The van der Waals surface area contributed by atoms with Gasteiger partial charge in [0, 0.05) is 18.7 Å². The lowest BCUT2D eigenvalue weighted by Crippen LogP contribution is -2.35. The maximum atomic E-state index is 13.1. The van der Waals surface area contributed by atoms with Crippen LogP contribution in [0.25, 0.3) is 0 Å². The molecule has 1 aliphatic heterocycles. The van der Waals surface area contributed by atoms with Gasteiger partial charge in [0.2, 0.25) is 10.0 Å². The normalized spacial score (nSPS) is 15.7. The minimum absolute atomic E-state index is 0.0421. The highest BCUT2D eigenvalue weighted by atomic mass is 35.5. The number of ether oxygens (including phenoxy) is 1. The van der Waals surface area contributed by atoms with Crippen LogP contribution in [-0.2, 0) is 27.5 Å². The highest BCUT2D eigenvalue weighted by Crippen LogP contribution is 2.32. The topological polar surface area (TPSA) is 63.7 Å². The smallest absolute Gasteiger partial charge is 0.416 e. The van der Waals surface area contributed by atoms with E-state index in [1.54, 1.807) is 0 Å². The molecule has 0 aromatic heterocycles. The number of alkyl halides is 3. The van der Waals surface area contributed by atoms with Crippen LogP contribution < -0.4 is 0 Å². The summed E-state index contributed by atoms with van der Waals surface area (Å²) < 4.78 is 71.3. The third kappa shape index (κ3) is 4.96. The zero-order chi connectivity index (χ0) is 21.9. The number of piperidine rings is 1. The van der Waals surface area contributed by atoms with Crippen molar-refractivity contribution in [1.29, 1.82) is 0 Å². The molecule has 2 aromatic carbocycles. The lowest BCUT2D eigenvalue weighted by Gasteiger charge is -2.26. The van der Waals surface area contributed by atoms with Crippen molar-refractivity contribution in [2.75, 3.05) is 13.1 Å². The van der Waals surface area contributed by atoms with E-state index in [1.165, 1.54) is 34.6 Å². The van der Waals surface area contributed by atoms with Crippen molar-refractivity contribution in [3.05, 3.63) is 64.2 Å². The maximum Gasteiger partial charge on any atom is 0.416 e. The first kappa shape index (κ1) is 22.6. The highest BCUT2D eigenvalue weighted by molar-refractivity contribution is 7.89. The molecule has 2 aromatic rings. The van der Waals surface area contributed by atoms with Crippen molar-refractivity contribution < 1.29 is 31.1 Å². The van der Waals surface area contributed by atoms with Crippen molar-refractivity contribution in [3.63, 3.8) is 0 Å². The number of hydrogen-bond acceptors (Lipinski definition) is 4. The molecule has 30 heavy (non-hydrogen) atoms. The van der Waals surface area contributed by atoms with Gasteiger partial charge >= 0.3 is 12.1 Å². The van der Waals surface area contributed by atoms with E-state index >= 15 is 0 Å². The van der Waals surface area contributed by atoms with Crippen LogP contribution in [0.4, 0.5) is 13.2 Å². The molecule has 1 heterocycles. The molecule has 10 heteroatoms. The number of esters is 1. The molecule has 0 amide bonds. The number of nitrogens with zero attached hydrogens (tertiary/aromatic N) is 1. The fourth-order valence-electron chi connectivity index (χ4n) is 3.22. The molecule has 0 aliphatic carbocycles. The van der Waals surface area contributed by atoms with Crippen molar-refractivity contribution in [2.24, 2.45) is 0 Å². The second-order valence-corrected chi connectivity index (χ2v) is 9.15. The average Bonchev–Trinajstić information content (AvgIpc) is 2.72. The summed E-state index contributed by atoms with van der Waals surface area (Å²) in [6.45, 7) is 0.120. The Labute approximate surface area is 177 Å². The van der Waals surface area contributed by atoms with Crippen LogP contribution >= 0.6 is 11.6 Å². The SMILES string of the molecule is O=C(OCc1ccccc1C(F)(F)F)c1ccc(Cl)c(S(=O)(=O)N2CCCCC2)c1. The van der Waals surface area contributed by atoms with Gasteiger partial charge in [0.1, 0.15) is 11.5 Å². The molecule has 162 valence electrons. The van der Waals surface area contributed by atoms with Crippen molar-refractivity contribution in [1.82, 2.24) is 4.31 Å². The van der Waals surface area contributed by atoms with Crippen LogP contribution in [0.15, 0.2) is 47.4 Å². The molecule has 0 radical (unpaired) electrons. The number of halogens is 4. The molecule has 1 fully saturated rings. The monoisotopic (exact) mass is 461 g/mol. The summed E-state index contributed by atoms with van der Waals surface area (Å²) in [7, 11) is -3.90. The summed E-state index contributed by atoms with van der Waals surface area (Å²) in [5.74, 6) is -0.946. The Hall–Kier alpha value is -2.10. The molecule has 5 nitrogen and oxygen atoms in total. The molecule has 0 spiro atoms. The molecule has 0 N–H and O–H groups in total. The average molecular weight is 462 g/mol. The molecular formula is C20H19ClF3NO4S. The standard InChI is InChI=1S/C20H19ClF3NO4S/c21-17-9-8-14(12-18(17)30(27,28)25-10-4-1-5-11-25)19(26)29-13-15-6-2-3-7-16(15)20(22,23)24/h2-3,6-9,12H,1,4-5,10-11,13H2. The maximum absolute atomic E-state index is 13.1. The molecule has 0 atom stereocenters. The van der Waals surface area contributed by atoms with Gasteiger partial charge < -0.3 is 4.74 Å². The zero-order valence-corrected chi connectivity index (χ0v) is 17.4. The van der Waals surface area contributed by atoms with Crippen LogP contribution in [0.1, 0.15) is 40.7 Å². The van der Waals surface area contributed by atoms with E-state index in [4.69, 9.17) is 16.3 Å². The minimum atomic E-state index is -4.58. The van der Waals surface area contributed by atoms with Crippen molar-refractivity contribution in [3.8, 4) is 0 Å². The summed E-state index contributed by atoms with van der Waals surface area (Å²) in [5, 5.41) is -0.0421. The number of hydrogen-bond donors (Lipinski definition) is 0. The zero-order valence-electron chi connectivity index (χ0n) is 15.8. The molecule has 0 unspecified atom stereocenters. The first-order valence-corrected chi connectivity index (χ1v) is 11.0. The highest BCUT2D eigenvalue weighted by Gasteiger charge is 2.33. The first-order chi connectivity index (χ1) is 14.1. The Morgan fingerprint density at radius 3 is 2.40 bits per heavy atom. The Morgan fingerprint density at radius 1 is 1.07 bits per heavy atom. The summed E-state index contributed by atoms with van der Waals surface area (Å²) in [5.41, 5.74) is -1.21. The predicted molar refractivity (Wildman–Crippen MR) is 105 cm³/mol.